The van der Waals surface area contributed by atoms with Gasteiger partial charge in [0, 0.05) is 12.5 Å². The molecule has 0 spiro atoms. The van der Waals surface area contributed by atoms with E-state index >= 15 is 0 Å². The monoisotopic (exact) mass is 368 g/mol. The molecule has 3 heteroatoms. The molecule has 3 aromatic carbocycles. The van der Waals surface area contributed by atoms with Gasteiger partial charge in [-0.2, -0.15) is 0 Å². The Bertz CT molecular complexity index is 1080. The summed E-state index contributed by atoms with van der Waals surface area (Å²) in [4.78, 5) is 12.7. The fourth-order valence-electron chi connectivity index (χ4n) is 4.80. The molecule has 0 fully saturated rings. The Labute approximate surface area is 165 Å². The van der Waals surface area contributed by atoms with Crippen LogP contribution in [0.3, 0.4) is 0 Å². The largest absolute Gasteiger partial charge is 0.377 e. The van der Waals surface area contributed by atoms with Gasteiger partial charge in [0.25, 0.3) is 5.91 Å². The molecular formula is C25H24N2O. The van der Waals surface area contributed by atoms with Gasteiger partial charge in [-0.25, -0.2) is 0 Å². The molecule has 3 unspecified atom stereocenters. The van der Waals surface area contributed by atoms with Crippen LogP contribution in [0.1, 0.15) is 46.8 Å². The fourth-order valence-corrected chi connectivity index (χ4v) is 4.80. The first kappa shape index (κ1) is 17.1. The predicted octanol–water partition coefficient (Wildman–Crippen LogP) is 5.42. The molecule has 0 saturated carbocycles. The molecule has 28 heavy (non-hydrogen) atoms. The van der Waals surface area contributed by atoms with E-state index in [-0.39, 0.29) is 11.9 Å². The molecule has 5 rings (SSSR count). The standard InChI is InChI=1S/C25H24N2O/c1-2-26-25(28)22-12-6-11-21-19-9-5-10-20(19)23(27-24(21)22)18-14-13-16-7-3-4-8-17(16)15-18/h3-9,11-15,19-20,23,27H,2,10H2,1H3,(H,26,28). The van der Waals surface area contributed by atoms with E-state index < -0.39 is 0 Å². The predicted molar refractivity (Wildman–Crippen MR) is 115 cm³/mol. The number of anilines is 1. The second kappa shape index (κ2) is 6.83. The lowest BCUT2D eigenvalue weighted by Gasteiger charge is -2.38. The number of carbonyl (C=O) groups is 1. The minimum atomic E-state index is -0.00969. The number of amides is 1. The van der Waals surface area contributed by atoms with Crippen LogP contribution in [-0.4, -0.2) is 12.5 Å². The van der Waals surface area contributed by atoms with Crippen LogP contribution in [0.25, 0.3) is 10.8 Å². The van der Waals surface area contributed by atoms with Crippen molar-refractivity contribution < 1.29 is 4.79 Å². The minimum Gasteiger partial charge on any atom is -0.377 e. The zero-order valence-electron chi connectivity index (χ0n) is 16.0. The van der Waals surface area contributed by atoms with E-state index in [1.807, 2.05) is 19.1 Å². The lowest BCUT2D eigenvalue weighted by Crippen LogP contribution is -2.32. The van der Waals surface area contributed by atoms with Gasteiger partial charge in [0.2, 0.25) is 0 Å². The molecule has 1 amide bonds. The minimum absolute atomic E-state index is 0.00969. The van der Waals surface area contributed by atoms with E-state index in [1.165, 1.54) is 21.9 Å². The second-order valence-electron chi connectivity index (χ2n) is 7.71. The van der Waals surface area contributed by atoms with Crippen LogP contribution >= 0.6 is 0 Å². The molecule has 3 aromatic rings. The number of allylic oxidation sites excluding steroid dienone is 2. The van der Waals surface area contributed by atoms with E-state index in [2.05, 4.69) is 71.3 Å². The van der Waals surface area contributed by atoms with Gasteiger partial charge in [-0.1, -0.05) is 60.7 Å². The van der Waals surface area contributed by atoms with Crippen molar-refractivity contribution in [3.63, 3.8) is 0 Å². The van der Waals surface area contributed by atoms with E-state index in [4.69, 9.17) is 0 Å². The molecule has 140 valence electrons. The average molecular weight is 368 g/mol. The lowest BCUT2D eigenvalue weighted by molar-refractivity contribution is 0.0956. The smallest absolute Gasteiger partial charge is 0.253 e. The first-order valence-electron chi connectivity index (χ1n) is 10.1. The summed E-state index contributed by atoms with van der Waals surface area (Å²) < 4.78 is 0. The van der Waals surface area contributed by atoms with Crippen molar-refractivity contribution in [3.8, 4) is 0 Å². The first-order valence-corrected chi connectivity index (χ1v) is 10.1. The summed E-state index contributed by atoms with van der Waals surface area (Å²) in [5, 5.41) is 9.22. The maximum absolute atomic E-state index is 12.7. The fraction of sp³-hybridized carbons (Fsp3) is 0.240. The summed E-state index contributed by atoms with van der Waals surface area (Å²) in [5.74, 6) is 0.810. The van der Waals surface area contributed by atoms with Crippen LogP contribution in [0.15, 0.2) is 72.8 Å². The maximum atomic E-state index is 12.7. The second-order valence-corrected chi connectivity index (χ2v) is 7.71. The summed E-state index contributed by atoms with van der Waals surface area (Å²) in [7, 11) is 0. The number of benzene rings is 3. The van der Waals surface area contributed by atoms with Crippen LogP contribution in [0.4, 0.5) is 5.69 Å². The zero-order chi connectivity index (χ0) is 19.1. The summed E-state index contributed by atoms with van der Waals surface area (Å²) >= 11 is 0. The van der Waals surface area contributed by atoms with Gasteiger partial charge in [-0.05, 0) is 53.3 Å². The maximum Gasteiger partial charge on any atom is 0.253 e. The average Bonchev–Trinajstić information content (AvgIpc) is 3.23. The van der Waals surface area contributed by atoms with Crippen molar-refractivity contribution in [2.45, 2.75) is 25.3 Å². The number of carbonyl (C=O) groups excluding carboxylic acids is 1. The molecule has 0 saturated heterocycles. The van der Waals surface area contributed by atoms with E-state index in [9.17, 15) is 4.79 Å². The van der Waals surface area contributed by atoms with Gasteiger partial charge in [0.15, 0.2) is 0 Å². The molecule has 1 aliphatic carbocycles. The normalized spacial score (nSPS) is 22.4. The number of para-hydroxylation sites is 1. The Kier molecular flexibility index (Phi) is 4.16. The highest BCUT2D eigenvalue weighted by molar-refractivity contribution is 6.00. The van der Waals surface area contributed by atoms with E-state index in [0.717, 1.165) is 17.7 Å². The van der Waals surface area contributed by atoms with Crippen molar-refractivity contribution in [2.24, 2.45) is 5.92 Å². The zero-order valence-corrected chi connectivity index (χ0v) is 16.0. The van der Waals surface area contributed by atoms with E-state index in [1.54, 1.807) is 0 Å². The first-order chi connectivity index (χ1) is 13.8. The van der Waals surface area contributed by atoms with Crippen LogP contribution in [0, 0.1) is 5.92 Å². The lowest BCUT2D eigenvalue weighted by atomic mass is 9.76. The van der Waals surface area contributed by atoms with Crippen LogP contribution < -0.4 is 10.6 Å². The Balaban J connectivity index is 1.61. The Hall–Kier alpha value is -3.07. The highest BCUT2D eigenvalue weighted by Gasteiger charge is 2.39. The Morgan fingerprint density at radius 2 is 1.93 bits per heavy atom. The third-order valence-electron chi connectivity index (χ3n) is 6.11. The molecule has 1 heterocycles. The van der Waals surface area contributed by atoms with Gasteiger partial charge in [0.05, 0.1) is 17.3 Å². The topological polar surface area (TPSA) is 41.1 Å². The van der Waals surface area contributed by atoms with Crippen molar-refractivity contribution in [3.05, 3.63) is 89.5 Å². The third kappa shape index (κ3) is 2.70. The van der Waals surface area contributed by atoms with Crippen molar-refractivity contribution in [1.82, 2.24) is 5.32 Å². The van der Waals surface area contributed by atoms with Crippen LogP contribution in [-0.2, 0) is 0 Å². The van der Waals surface area contributed by atoms with Crippen molar-refractivity contribution in [2.75, 3.05) is 11.9 Å². The summed E-state index contributed by atoms with van der Waals surface area (Å²) in [6.45, 7) is 2.58. The molecule has 2 N–H and O–H groups in total. The quantitative estimate of drug-likeness (QED) is 0.607. The summed E-state index contributed by atoms with van der Waals surface area (Å²) in [5.41, 5.74) is 4.25. The van der Waals surface area contributed by atoms with Gasteiger partial charge in [-0.15, -0.1) is 0 Å². The number of nitrogens with one attached hydrogen (secondary N) is 2. The number of hydrogen-bond donors (Lipinski definition) is 2. The molecule has 0 bridgehead atoms. The third-order valence-corrected chi connectivity index (χ3v) is 6.11. The Morgan fingerprint density at radius 1 is 1.07 bits per heavy atom. The molecular weight excluding hydrogens is 344 g/mol. The SMILES string of the molecule is CCNC(=O)c1cccc2c1NC(c1ccc3ccccc3c1)C1CC=CC21. The van der Waals surface area contributed by atoms with Gasteiger partial charge in [-0.3, -0.25) is 4.79 Å². The Morgan fingerprint density at radius 3 is 2.79 bits per heavy atom. The van der Waals surface area contributed by atoms with Crippen molar-refractivity contribution in [1.29, 1.82) is 0 Å². The van der Waals surface area contributed by atoms with Gasteiger partial charge < -0.3 is 10.6 Å². The highest BCUT2D eigenvalue weighted by Crippen LogP contribution is 2.50. The number of rotatable bonds is 3. The van der Waals surface area contributed by atoms with Crippen molar-refractivity contribution >= 4 is 22.4 Å². The number of hydrogen-bond acceptors (Lipinski definition) is 2. The number of fused-ring (bicyclic) bond motifs is 4. The molecule has 3 nitrogen and oxygen atoms in total. The van der Waals surface area contributed by atoms with Gasteiger partial charge in [0.1, 0.15) is 0 Å². The summed E-state index contributed by atoms with van der Waals surface area (Å²) in [6.07, 6.45) is 5.67. The van der Waals surface area contributed by atoms with Gasteiger partial charge >= 0.3 is 0 Å². The van der Waals surface area contributed by atoms with Crippen LogP contribution in [0.2, 0.25) is 0 Å². The molecule has 0 radical (unpaired) electrons. The summed E-state index contributed by atoms with van der Waals surface area (Å²) in [6, 6.07) is 21.5. The molecule has 3 atom stereocenters. The highest BCUT2D eigenvalue weighted by atomic mass is 16.1. The molecule has 2 aliphatic rings. The molecule has 0 aromatic heterocycles. The molecule has 1 aliphatic heterocycles. The van der Waals surface area contributed by atoms with Crippen LogP contribution in [0.5, 0.6) is 0 Å². The van der Waals surface area contributed by atoms with E-state index in [0.29, 0.717) is 18.4 Å².